The number of nitrogens with zero attached hydrogens (tertiary/aromatic N) is 1. The van der Waals surface area contributed by atoms with E-state index >= 15 is 0 Å². The molecule has 5 nitrogen and oxygen atoms in total. The van der Waals surface area contributed by atoms with Crippen LogP contribution in [0.3, 0.4) is 0 Å². The van der Waals surface area contributed by atoms with Crippen LogP contribution in [0.4, 0.5) is 0 Å². The Kier molecular flexibility index (Phi) is 9.00. The molecule has 1 amide bonds. The van der Waals surface area contributed by atoms with Gasteiger partial charge in [-0.05, 0) is 42.2 Å². The van der Waals surface area contributed by atoms with Crippen molar-refractivity contribution in [1.29, 1.82) is 0 Å². The molecule has 7 heteroatoms. The molecule has 0 radical (unpaired) electrons. The number of carbonyl (C=O) groups excluding carboxylic acids is 2. The van der Waals surface area contributed by atoms with Crippen molar-refractivity contribution in [2.24, 2.45) is 0 Å². The Morgan fingerprint density at radius 3 is 2.84 bits per heavy atom. The van der Waals surface area contributed by atoms with Crippen LogP contribution in [-0.2, 0) is 9.53 Å². The van der Waals surface area contributed by atoms with Gasteiger partial charge in [-0.15, -0.1) is 11.8 Å². The van der Waals surface area contributed by atoms with Gasteiger partial charge in [-0.2, -0.15) is 0 Å². The predicted octanol–water partition coefficient (Wildman–Crippen LogP) is 4.94. The summed E-state index contributed by atoms with van der Waals surface area (Å²) in [6.07, 6.45) is 2.28. The Labute approximate surface area is 192 Å². The Morgan fingerprint density at radius 2 is 2.06 bits per heavy atom. The largest absolute Gasteiger partial charge is 0.490 e. The van der Waals surface area contributed by atoms with E-state index in [9.17, 15) is 9.59 Å². The molecule has 1 saturated heterocycles. The molecule has 0 saturated carbocycles. The average Bonchev–Trinajstić information content (AvgIpc) is 2.78. The van der Waals surface area contributed by atoms with Crippen molar-refractivity contribution in [1.82, 2.24) is 4.90 Å². The molecule has 2 aromatic rings. The molecule has 0 aliphatic carbocycles. The first-order chi connectivity index (χ1) is 15.0. The van der Waals surface area contributed by atoms with E-state index in [2.05, 4.69) is 0 Å². The number of hydrogen-bond acceptors (Lipinski definition) is 5. The summed E-state index contributed by atoms with van der Waals surface area (Å²) >= 11 is 7.60. The van der Waals surface area contributed by atoms with Gasteiger partial charge in [0.25, 0.3) is 0 Å². The zero-order valence-corrected chi connectivity index (χ0v) is 19.0. The lowest BCUT2D eigenvalue weighted by molar-refractivity contribution is -0.139. The number of Topliss-reactive ketones (excluding diaryl/α,β-unsaturated/α-hetero) is 1. The number of rotatable bonds is 9. The first kappa shape index (κ1) is 23.4. The second-order valence-corrected chi connectivity index (χ2v) is 8.62. The molecule has 1 fully saturated rings. The van der Waals surface area contributed by atoms with E-state index in [-0.39, 0.29) is 24.4 Å². The molecule has 1 heterocycles. The van der Waals surface area contributed by atoms with Crippen molar-refractivity contribution in [2.45, 2.75) is 19.4 Å². The Balaban J connectivity index is 1.43. The Morgan fingerprint density at radius 1 is 1.26 bits per heavy atom. The third-order valence-electron chi connectivity index (χ3n) is 4.83. The van der Waals surface area contributed by atoms with E-state index in [1.165, 1.54) is 6.92 Å². The topological polar surface area (TPSA) is 55.8 Å². The molecule has 0 aromatic heterocycles. The number of halogens is 1. The molecule has 3 rings (SSSR count). The maximum absolute atomic E-state index is 12.6. The van der Waals surface area contributed by atoms with Crippen LogP contribution in [0, 0.1) is 0 Å². The number of carbonyl (C=O) groups is 2. The van der Waals surface area contributed by atoms with Crippen molar-refractivity contribution >= 4 is 41.1 Å². The molecule has 0 bridgehead atoms. The summed E-state index contributed by atoms with van der Waals surface area (Å²) < 4.78 is 11.6. The minimum atomic E-state index is -0.237. The van der Waals surface area contributed by atoms with Crippen molar-refractivity contribution < 1.29 is 19.1 Å². The summed E-state index contributed by atoms with van der Waals surface area (Å²) in [5.74, 6) is 1.21. The van der Waals surface area contributed by atoms with Crippen LogP contribution < -0.4 is 4.74 Å². The highest BCUT2D eigenvalue weighted by Gasteiger charge is 2.25. The normalized spacial score (nSPS) is 16.5. The van der Waals surface area contributed by atoms with Crippen LogP contribution in [0.5, 0.6) is 5.75 Å². The summed E-state index contributed by atoms with van der Waals surface area (Å²) in [6.45, 7) is 3.27. The van der Waals surface area contributed by atoms with E-state index in [0.717, 1.165) is 11.3 Å². The van der Waals surface area contributed by atoms with Gasteiger partial charge in [0.15, 0.2) is 5.78 Å². The molecular formula is C24H26ClNO4S. The first-order valence-electron chi connectivity index (χ1n) is 10.2. The molecule has 1 atom stereocenters. The molecule has 0 spiro atoms. The third-order valence-corrected chi connectivity index (χ3v) is 5.83. The van der Waals surface area contributed by atoms with Gasteiger partial charge in [0.05, 0.1) is 18.7 Å². The fourth-order valence-corrected chi connectivity index (χ4v) is 4.05. The Bertz CT molecular complexity index is 919. The van der Waals surface area contributed by atoms with Crippen LogP contribution in [0.2, 0.25) is 5.02 Å². The standard InChI is InChI=1S/C24H26ClNO4S/c1-18(27)22-15-20(25)7-8-23(22)30-17-21-16-26(11-12-29-21)24(28)10-14-31-13-9-19-5-3-2-4-6-19/h2-9,13,15,21H,10-12,14,16-17H2,1H3/b13-9-. The van der Waals surface area contributed by atoms with Crippen LogP contribution in [0.25, 0.3) is 6.08 Å². The number of benzene rings is 2. The first-order valence-corrected chi connectivity index (χ1v) is 11.6. The van der Waals surface area contributed by atoms with Gasteiger partial charge in [-0.25, -0.2) is 0 Å². The highest BCUT2D eigenvalue weighted by Crippen LogP contribution is 2.24. The molecule has 1 unspecified atom stereocenters. The fourth-order valence-electron chi connectivity index (χ4n) is 3.20. The van der Waals surface area contributed by atoms with Crippen LogP contribution >= 0.6 is 23.4 Å². The zero-order chi connectivity index (χ0) is 22.1. The summed E-state index contributed by atoms with van der Waals surface area (Å²) in [5, 5.41) is 2.51. The maximum atomic E-state index is 12.6. The zero-order valence-electron chi connectivity index (χ0n) is 17.5. The number of hydrogen-bond donors (Lipinski definition) is 0. The smallest absolute Gasteiger partial charge is 0.223 e. The monoisotopic (exact) mass is 459 g/mol. The summed E-state index contributed by atoms with van der Waals surface area (Å²) in [4.78, 5) is 26.2. The van der Waals surface area contributed by atoms with Crippen LogP contribution in [-0.4, -0.2) is 54.8 Å². The lowest BCUT2D eigenvalue weighted by Crippen LogP contribution is -2.47. The number of morpholine rings is 1. The van der Waals surface area contributed by atoms with Gasteiger partial charge in [0, 0.05) is 23.7 Å². The molecule has 0 N–H and O–H groups in total. The molecule has 1 aliphatic rings. The predicted molar refractivity (Wildman–Crippen MR) is 126 cm³/mol. The maximum Gasteiger partial charge on any atom is 0.223 e. The van der Waals surface area contributed by atoms with Crippen molar-refractivity contribution in [2.75, 3.05) is 32.1 Å². The Hall–Kier alpha value is -2.28. The lowest BCUT2D eigenvalue weighted by Gasteiger charge is -2.33. The highest BCUT2D eigenvalue weighted by atomic mass is 35.5. The van der Waals surface area contributed by atoms with Crippen LogP contribution in [0.1, 0.15) is 29.3 Å². The minimum Gasteiger partial charge on any atom is -0.490 e. The van der Waals surface area contributed by atoms with E-state index in [1.54, 1.807) is 30.0 Å². The average molecular weight is 460 g/mol. The number of thioether (sulfide) groups is 1. The molecular weight excluding hydrogens is 434 g/mol. The number of amides is 1. The van der Waals surface area contributed by atoms with Gasteiger partial charge >= 0.3 is 0 Å². The van der Waals surface area contributed by atoms with Crippen LogP contribution in [0.15, 0.2) is 53.9 Å². The summed E-state index contributed by atoms with van der Waals surface area (Å²) in [5.41, 5.74) is 1.59. The number of ether oxygens (including phenoxy) is 2. The van der Waals surface area contributed by atoms with E-state index in [1.807, 2.05) is 46.7 Å². The molecule has 164 valence electrons. The third kappa shape index (κ3) is 7.42. The highest BCUT2D eigenvalue weighted by molar-refractivity contribution is 8.02. The van der Waals surface area contributed by atoms with Gasteiger partial charge < -0.3 is 14.4 Å². The second kappa shape index (κ2) is 11.9. The summed E-state index contributed by atoms with van der Waals surface area (Å²) in [7, 11) is 0. The van der Waals surface area contributed by atoms with Gasteiger partial charge in [-0.1, -0.05) is 41.9 Å². The van der Waals surface area contributed by atoms with E-state index in [4.69, 9.17) is 21.1 Å². The van der Waals surface area contributed by atoms with Crippen molar-refractivity contribution in [3.63, 3.8) is 0 Å². The SMILES string of the molecule is CC(=O)c1cc(Cl)ccc1OCC1CN(C(=O)CCS/C=C\c2ccccc2)CCO1. The van der Waals surface area contributed by atoms with Crippen molar-refractivity contribution in [3.05, 3.63) is 70.1 Å². The van der Waals surface area contributed by atoms with E-state index in [0.29, 0.717) is 42.5 Å². The minimum absolute atomic E-state index is 0.113. The second-order valence-electron chi connectivity index (χ2n) is 7.17. The molecule has 2 aromatic carbocycles. The van der Waals surface area contributed by atoms with Gasteiger partial charge in [0.2, 0.25) is 5.91 Å². The van der Waals surface area contributed by atoms with Crippen molar-refractivity contribution in [3.8, 4) is 5.75 Å². The molecule has 1 aliphatic heterocycles. The van der Waals surface area contributed by atoms with Gasteiger partial charge in [-0.3, -0.25) is 9.59 Å². The lowest BCUT2D eigenvalue weighted by atomic mass is 10.1. The molecule has 31 heavy (non-hydrogen) atoms. The number of ketones is 1. The van der Waals surface area contributed by atoms with Gasteiger partial charge in [0.1, 0.15) is 18.5 Å². The quantitative estimate of drug-likeness (QED) is 0.392. The summed E-state index contributed by atoms with van der Waals surface area (Å²) in [6, 6.07) is 15.0. The van der Waals surface area contributed by atoms with E-state index < -0.39 is 0 Å². The fraction of sp³-hybridized carbons (Fsp3) is 0.333.